The number of halogens is 4. The van der Waals surface area contributed by atoms with Crippen LogP contribution in [0.15, 0.2) is 40.8 Å². The molecule has 0 radical (unpaired) electrons. The summed E-state index contributed by atoms with van der Waals surface area (Å²) in [6, 6.07) is 8.09. The number of rotatable bonds is 4. The maximum Gasteiger partial charge on any atom is 0.257 e. The van der Waals surface area contributed by atoms with E-state index in [0.717, 1.165) is 24.6 Å². The van der Waals surface area contributed by atoms with Gasteiger partial charge >= 0.3 is 0 Å². The number of likely N-dealkylation sites (tertiary alicyclic amines) is 1. The summed E-state index contributed by atoms with van der Waals surface area (Å²) in [7, 11) is -3.82. The normalized spacial score (nSPS) is 22.3. The molecule has 2 aromatic carbocycles. The van der Waals surface area contributed by atoms with E-state index in [4.69, 9.17) is 4.74 Å². The highest BCUT2D eigenvalue weighted by Gasteiger charge is 2.44. The number of ether oxygens (including phenoxy) is 1. The molecule has 1 saturated heterocycles. The van der Waals surface area contributed by atoms with E-state index in [9.17, 15) is 30.8 Å². The lowest BCUT2D eigenvalue weighted by molar-refractivity contribution is -0.133. The van der Waals surface area contributed by atoms with Crippen molar-refractivity contribution in [3.8, 4) is 16.9 Å². The minimum atomic E-state index is -3.82. The highest BCUT2D eigenvalue weighted by molar-refractivity contribution is 7.89. The largest absolute Gasteiger partial charge is 0.492 e. The third-order valence-electron chi connectivity index (χ3n) is 6.06. The van der Waals surface area contributed by atoms with Crippen molar-refractivity contribution in [2.45, 2.75) is 24.7 Å². The molecule has 0 aliphatic carbocycles. The SMILES string of the molecule is CS(=O)(=O)/N=C/C1CCN(C(=O)[C@@H]2COc3cccc(-c4c(F)cccc4F)c32)CCC1(F)F. The van der Waals surface area contributed by atoms with Crippen LogP contribution in [0.5, 0.6) is 5.75 Å². The van der Waals surface area contributed by atoms with Gasteiger partial charge in [0.15, 0.2) is 0 Å². The summed E-state index contributed by atoms with van der Waals surface area (Å²) in [5, 5.41) is 0. The fourth-order valence-electron chi connectivity index (χ4n) is 4.35. The Hall–Kier alpha value is -2.95. The molecule has 1 fully saturated rings. The van der Waals surface area contributed by atoms with Crippen molar-refractivity contribution in [1.82, 2.24) is 4.90 Å². The summed E-state index contributed by atoms with van der Waals surface area (Å²) in [5.74, 6) is -7.43. The second kappa shape index (κ2) is 9.01. The third-order valence-corrected chi connectivity index (χ3v) is 6.57. The Labute approximate surface area is 194 Å². The Morgan fingerprint density at radius 1 is 1.15 bits per heavy atom. The number of carbonyl (C=O) groups excluding carboxylic acids is 1. The molecule has 0 bridgehead atoms. The van der Waals surface area contributed by atoms with Crippen molar-refractivity contribution in [1.29, 1.82) is 0 Å². The van der Waals surface area contributed by atoms with Crippen LogP contribution in [0.1, 0.15) is 24.3 Å². The predicted octanol–water partition coefficient (Wildman–Crippen LogP) is 4.01. The van der Waals surface area contributed by atoms with E-state index < -0.39 is 51.7 Å². The summed E-state index contributed by atoms with van der Waals surface area (Å²) in [5.41, 5.74) is 0.187. The molecule has 1 amide bonds. The first-order chi connectivity index (χ1) is 16.0. The summed E-state index contributed by atoms with van der Waals surface area (Å²) in [4.78, 5) is 14.7. The monoisotopic (exact) mass is 498 g/mol. The Bertz CT molecular complexity index is 1230. The molecule has 182 valence electrons. The maximum absolute atomic E-state index is 14.6. The number of hydrogen-bond acceptors (Lipinski definition) is 4. The topological polar surface area (TPSA) is 76.0 Å². The van der Waals surface area contributed by atoms with E-state index in [1.807, 2.05) is 0 Å². The van der Waals surface area contributed by atoms with Gasteiger partial charge in [0.05, 0.1) is 17.7 Å². The lowest BCUT2D eigenvalue weighted by atomic mass is 9.90. The standard InChI is InChI=1S/C23H22F4N2O4S/c1-34(31,32)28-12-14-8-10-29(11-9-23(14,26)27)22(30)16-13-33-19-7-2-4-15(20(16)19)21-17(24)5-3-6-18(21)25/h2-7,12,14,16H,8-11,13H2,1H3/b28-12+/t14?,16-/m1/s1. The van der Waals surface area contributed by atoms with Gasteiger partial charge in [-0.3, -0.25) is 4.79 Å². The molecular weight excluding hydrogens is 476 g/mol. The van der Waals surface area contributed by atoms with Crippen LogP contribution in [-0.2, 0) is 14.8 Å². The van der Waals surface area contributed by atoms with E-state index in [2.05, 4.69) is 4.40 Å². The van der Waals surface area contributed by atoms with Gasteiger partial charge in [-0.15, -0.1) is 0 Å². The van der Waals surface area contributed by atoms with Crippen LogP contribution in [0, 0.1) is 17.6 Å². The number of hydrogen-bond donors (Lipinski definition) is 0. The number of nitrogens with zero attached hydrogens (tertiary/aromatic N) is 2. The van der Waals surface area contributed by atoms with Crippen molar-refractivity contribution < 1.29 is 35.5 Å². The second-order valence-electron chi connectivity index (χ2n) is 8.40. The Kier molecular flexibility index (Phi) is 6.41. The molecule has 2 aromatic rings. The minimum absolute atomic E-state index is 0.0586. The van der Waals surface area contributed by atoms with E-state index in [0.29, 0.717) is 11.3 Å². The zero-order chi connectivity index (χ0) is 24.7. The van der Waals surface area contributed by atoms with Crippen LogP contribution in [0.2, 0.25) is 0 Å². The fraction of sp³-hybridized carbons (Fsp3) is 0.391. The van der Waals surface area contributed by atoms with E-state index in [1.54, 1.807) is 12.1 Å². The summed E-state index contributed by atoms with van der Waals surface area (Å²) < 4.78 is 89.6. The van der Waals surface area contributed by atoms with Crippen LogP contribution in [-0.4, -0.2) is 57.3 Å². The molecule has 0 spiro atoms. The van der Waals surface area contributed by atoms with E-state index in [1.165, 1.54) is 17.0 Å². The number of amides is 1. The van der Waals surface area contributed by atoms with Gasteiger partial charge in [-0.05, 0) is 30.2 Å². The first kappa shape index (κ1) is 24.2. The minimum Gasteiger partial charge on any atom is -0.492 e. The molecule has 34 heavy (non-hydrogen) atoms. The molecule has 2 aliphatic rings. The van der Waals surface area contributed by atoms with Crippen molar-refractivity contribution in [2.24, 2.45) is 10.3 Å². The number of alkyl halides is 2. The molecule has 11 heteroatoms. The van der Waals surface area contributed by atoms with Gasteiger partial charge in [0, 0.05) is 31.3 Å². The van der Waals surface area contributed by atoms with Gasteiger partial charge in [0.1, 0.15) is 29.9 Å². The van der Waals surface area contributed by atoms with Crippen LogP contribution >= 0.6 is 0 Å². The first-order valence-corrected chi connectivity index (χ1v) is 12.4. The molecule has 2 atom stereocenters. The molecular formula is C23H22F4N2O4S. The number of sulfonamides is 1. The summed E-state index contributed by atoms with van der Waals surface area (Å²) in [6.07, 6.45) is 0.670. The lowest BCUT2D eigenvalue weighted by Gasteiger charge is -2.24. The van der Waals surface area contributed by atoms with Gasteiger partial charge < -0.3 is 9.64 Å². The zero-order valence-electron chi connectivity index (χ0n) is 18.2. The molecule has 0 aromatic heterocycles. The number of fused-ring (bicyclic) bond motifs is 1. The van der Waals surface area contributed by atoms with Gasteiger partial charge in [-0.2, -0.15) is 4.40 Å². The van der Waals surface area contributed by atoms with Gasteiger partial charge in [0.25, 0.3) is 5.92 Å². The zero-order valence-corrected chi connectivity index (χ0v) is 19.0. The number of carbonyl (C=O) groups is 1. The van der Waals surface area contributed by atoms with Crippen molar-refractivity contribution in [3.05, 3.63) is 53.6 Å². The predicted molar refractivity (Wildman–Crippen MR) is 118 cm³/mol. The van der Waals surface area contributed by atoms with E-state index in [-0.39, 0.29) is 37.2 Å². The van der Waals surface area contributed by atoms with Crippen molar-refractivity contribution in [3.63, 3.8) is 0 Å². The Balaban J connectivity index is 1.63. The summed E-state index contributed by atoms with van der Waals surface area (Å²) in [6.45, 7) is -0.416. The summed E-state index contributed by atoms with van der Waals surface area (Å²) >= 11 is 0. The maximum atomic E-state index is 14.6. The van der Waals surface area contributed by atoms with E-state index >= 15 is 0 Å². The van der Waals surface area contributed by atoms with Crippen LogP contribution in [0.3, 0.4) is 0 Å². The fourth-order valence-corrected chi connectivity index (χ4v) is 4.72. The van der Waals surface area contributed by atoms with Gasteiger partial charge in [0.2, 0.25) is 15.9 Å². The number of benzene rings is 2. The average molecular weight is 498 g/mol. The second-order valence-corrected chi connectivity index (χ2v) is 10.1. The van der Waals surface area contributed by atoms with Crippen LogP contribution < -0.4 is 4.74 Å². The molecule has 4 rings (SSSR count). The molecule has 1 unspecified atom stereocenters. The van der Waals surface area contributed by atoms with Gasteiger partial charge in [-0.25, -0.2) is 26.0 Å². The van der Waals surface area contributed by atoms with Crippen molar-refractivity contribution in [2.75, 3.05) is 26.0 Å². The van der Waals surface area contributed by atoms with Crippen LogP contribution in [0.4, 0.5) is 17.6 Å². The molecule has 0 saturated carbocycles. The quantitative estimate of drug-likeness (QED) is 0.472. The molecule has 6 nitrogen and oxygen atoms in total. The highest BCUT2D eigenvalue weighted by Crippen LogP contribution is 2.44. The Morgan fingerprint density at radius 2 is 1.82 bits per heavy atom. The average Bonchev–Trinajstić information content (AvgIpc) is 3.12. The molecule has 0 N–H and O–H groups in total. The lowest BCUT2D eigenvalue weighted by Crippen LogP contribution is -2.37. The first-order valence-electron chi connectivity index (χ1n) is 10.6. The third kappa shape index (κ3) is 4.79. The highest BCUT2D eigenvalue weighted by atomic mass is 32.2. The molecule has 2 heterocycles. The van der Waals surface area contributed by atoms with Gasteiger partial charge in [-0.1, -0.05) is 18.2 Å². The van der Waals surface area contributed by atoms with Crippen molar-refractivity contribution >= 4 is 22.1 Å². The smallest absolute Gasteiger partial charge is 0.257 e. The van der Waals surface area contributed by atoms with Crippen LogP contribution in [0.25, 0.3) is 11.1 Å². The molecule has 2 aliphatic heterocycles. The Morgan fingerprint density at radius 3 is 2.50 bits per heavy atom.